The molecule has 0 bridgehead atoms. The molecule has 0 saturated carbocycles. The van der Waals surface area contributed by atoms with Crippen LogP contribution in [0.15, 0.2) is 29.4 Å². The molecule has 0 spiro atoms. The number of piperidine rings is 1. The molecular weight excluding hydrogens is 226 g/mol. The number of hydrogen-bond donors (Lipinski definition) is 2. The molecule has 0 radical (unpaired) electrons. The van der Waals surface area contributed by atoms with E-state index in [1.165, 1.54) is 12.8 Å². The van der Waals surface area contributed by atoms with Crippen LogP contribution in [0, 0.1) is 5.92 Å². The minimum atomic E-state index is 0.177. The van der Waals surface area contributed by atoms with Crippen LogP contribution >= 0.6 is 0 Å². The van der Waals surface area contributed by atoms with E-state index in [1.54, 1.807) is 0 Å². The van der Waals surface area contributed by atoms with Crippen molar-refractivity contribution >= 4 is 11.5 Å². The lowest BCUT2D eigenvalue weighted by molar-refractivity contribution is 0.318. The number of anilines is 1. The normalized spacial score (nSPS) is 25.2. The van der Waals surface area contributed by atoms with Gasteiger partial charge in [0, 0.05) is 23.8 Å². The molecule has 1 saturated heterocycles. The maximum absolute atomic E-state index is 8.86. The maximum atomic E-state index is 8.86. The Balaban J connectivity index is 2.33. The fourth-order valence-electron chi connectivity index (χ4n) is 2.76. The molecule has 1 aliphatic rings. The highest BCUT2D eigenvalue weighted by Gasteiger charge is 2.25. The molecule has 2 rings (SSSR count). The summed E-state index contributed by atoms with van der Waals surface area (Å²) in [5.74, 6) is 0.948. The number of benzene rings is 1. The summed E-state index contributed by atoms with van der Waals surface area (Å²) in [7, 11) is 0. The van der Waals surface area contributed by atoms with Crippen molar-refractivity contribution in [2.75, 3.05) is 11.4 Å². The van der Waals surface area contributed by atoms with Crippen molar-refractivity contribution in [3.63, 3.8) is 0 Å². The van der Waals surface area contributed by atoms with Gasteiger partial charge in [0.2, 0.25) is 0 Å². The Kier molecular flexibility index (Phi) is 3.75. The Labute approximate surface area is 108 Å². The van der Waals surface area contributed by atoms with Crippen LogP contribution in [-0.2, 0) is 0 Å². The van der Waals surface area contributed by atoms with E-state index in [4.69, 9.17) is 10.9 Å². The molecular formula is C14H21N3O. The summed E-state index contributed by atoms with van der Waals surface area (Å²) in [6.45, 7) is 5.56. The molecule has 4 heteroatoms. The molecule has 18 heavy (non-hydrogen) atoms. The molecule has 1 aliphatic heterocycles. The van der Waals surface area contributed by atoms with Gasteiger partial charge in [0.25, 0.3) is 0 Å². The molecule has 1 aromatic carbocycles. The van der Waals surface area contributed by atoms with E-state index >= 15 is 0 Å². The maximum Gasteiger partial charge on any atom is 0.172 e. The van der Waals surface area contributed by atoms with Gasteiger partial charge in [-0.2, -0.15) is 0 Å². The molecule has 98 valence electrons. The van der Waals surface area contributed by atoms with E-state index in [1.807, 2.05) is 24.3 Å². The largest absolute Gasteiger partial charge is 0.409 e. The van der Waals surface area contributed by atoms with Gasteiger partial charge in [0.15, 0.2) is 5.84 Å². The molecule has 0 amide bonds. The summed E-state index contributed by atoms with van der Waals surface area (Å²) >= 11 is 0. The van der Waals surface area contributed by atoms with E-state index in [2.05, 4.69) is 23.9 Å². The lowest BCUT2D eigenvalue weighted by Crippen LogP contribution is -2.41. The van der Waals surface area contributed by atoms with Gasteiger partial charge in [0.1, 0.15) is 0 Å². The number of oxime groups is 1. The summed E-state index contributed by atoms with van der Waals surface area (Å²) in [5, 5.41) is 12.0. The molecule has 3 N–H and O–H groups in total. The fraction of sp³-hybridized carbons (Fsp3) is 0.500. The molecule has 4 nitrogen and oxygen atoms in total. The first-order valence-corrected chi connectivity index (χ1v) is 6.47. The lowest BCUT2D eigenvalue weighted by Gasteiger charge is -2.39. The Morgan fingerprint density at radius 2 is 2.11 bits per heavy atom. The Morgan fingerprint density at radius 3 is 2.78 bits per heavy atom. The zero-order chi connectivity index (χ0) is 13.1. The van der Waals surface area contributed by atoms with Gasteiger partial charge in [-0.25, -0.2) is 0 Å². The summed E-state index contributed by atoms with van der Waals surface area (Å²) in [6.07, 6.45) is 2.37. The van der Waals surface area contributed by atoms with Crippen LogP contribution < -0.4 is 10.6 Å². The molecule has 0 aromatic heterocycles. The van der Waals surface area contributed by atoms with Crippen LogP contribution in [0.1, 0.15) is 32.3 Å². The van der Waals surface area contributed by atoms with Crippen LogP contribution in [0.2, 0.25) is 0 Å². The predicted octanol–water partition coefficient (Wildman–Crippen LogP) is 2.41. The van der Waals surface area contributed by atoms with Crippen molar-refractivity contribution in [1.29, 1.82) is 0 Å². The molecule has 1 fully saturated rings. The molecule has 1 heterocycles. The number of rotatable bonds is 2. The van der Waals surface area contributed by atoms with E-state index in [-0.39, 0.29) is 5.84 Å². The Morgan fingerprint density at radius 1 is 1.39 bits per heavy atom. The van der Waals surface area contributed by atoms with Crippen LogP contribution in [0.25, 0.3) is 0 Å². The fourth-order valence-corrected chi connectivity index (χ4v) is 2.76. The van der Waals surface area contributed by atoms with Gasteiger partial charge in [-0.3, -0.25) is 0 Å². The second-order valence-electron chi connectivity index (χ2n) is 5.17. The van der Waals surface area contributed by atoms with E-state index < -0.39 is 0 Å². The minimum Gasteiger partial charge on any atom is -0.409 e. The average molecular weight is 247 g/mol. The molecule has 2 atom stereocenters. The molecule has 1 aromatic rings. The number of hydrogen-bond acceptors (Lipinski definition) is 3. The SMILES string of the molecule is CC1CCN(c2ccccc2C(N)=NO)C(C)C1. The summed E-state index contributed by atoms with van der Waals surface area (Å²) in [5.41, 5.74) is 7.62. The second kappa shape index (κ2) is 5.29. The van der Waals surface area contributed by atoms with Gasteiger partial charge in [-0.1, -0.05) is 24.2 Å². The summed E-state index contributed by atoms with van der Waals surface area (Å²) in [4.78, 5) is 2.35. The van der Waals surface area contributed by atoms with E-state index in [9.17, 15) is 0 Å². The first-order chi connectivity index (χ1) is 8.63. The lowest BCUT2D eigenvalue weighted by atomic mass is 9.92. The van der Waals surface area contributed by atoms with Crippen molar-refractivity contribution in [3.05, 3.63) is 29.8 Å². The first kappa shape index (κ1) is 12.7. The first-order valence-electron chi connectivity index (χ1n) is 6.47. The minimum absolute atomic E-state index is 0.177. The van der Waals surface area contributed by atoms with Crippen LogP contribution in [-0.4, -0.2) is 23.6 Å². The number of amidine groups is 1. The van der Waals surface area contributed by atoms with E-state index in [0.29, 0.717) is 6.04 Å². The van der Waals surface area contributed by atoms with Crippen molar-refractivity contribution in [1.82, 2.24) is 0 Å². The van der Waals surface area contributed by atoms with Gasteiger partial charge >= 0.3 is 0 Å². The highest BCUT2D eigenvalue weighted by atomic mass is 16.4. The van der Waals surface area contributed by atoms with Crippen LogP contribution in [0.5, 0.6) is 0 Å². The average Bonchev–Trinajstić information content (AvgIpc) is 2.38. The van der Waals surface area contributed by atoms with Gasteiger partial charge in [-0.05, 0) is 37.8 Å². The third-order valence-electron chi connectivity index (χ3n) is 3.74. The quantitative estimate of drug-likeness (QED) is 0.365. The summed E-state index contributed by atoms with van der Waals surface area (Å²) < 4.78 is 0. The van der Waals surface area contributed by atoms with Crippen molar-refractivity contribution < 1.29 is 5.21 Å². The van der Waals surface area contributed by atoms with Gasteiger partial charge < -0.3 is 15.8 Å². The number of para-hydroxylation sites is 1. The highest BCUT2D eigenvalue weighted by molar-refractivity contribution is 6.02. The zero-order valence-corrected chi connectivity index (χ0v) is 11.0. The predicted molar refractivity (Wildman–Crippen MR) is 74.2 cm³/mol. The van der Waals surface area contributed by atoms with Crippen LogP contribution in [0.3, 0.4) is 0 Å². The smallest absolute Gasteiger partial charge is 0.172 e. The van der Waals surface area contributed by atoms with E-state index in [0.717, 1.165) is 23.7 Å². The van der Waals surface area contributed by atoms with Gasteiger partial charge in [-0.15, -0.1) is 0 Å². The highest BCUT2D eigenvalue weighted by Crippen LogP contribution is 2.30. The third kappa shape index (κ3) is 2.42. The van der Waals surface area contributed by atoms with Crippen molar-refractivity contribution in [2.24, 2.45) is 16.8 Å². The Bertz CT molecular complexity index is 444. The van der Waals surface area contributed by atoms with Crippen molar-refractivity contribution in [2.45, 2.75) is 32.7 Å². The number of nitrogens with zero attached hydrogens (tertiary/aromatic N) is 2. The Hall–Kier alpha value is -1.71. The topological polar surface area (TPSA) is 61.8 Å². The zero-order valence-electron chi connectivity index (χ0n) is 11.0. The van der Waals surface area contributed by atoms with Crippen LogP contribution in [0.4, 0.5) is 5.69 Å². The molecule has 0 aliphatic carbocycles. The molecule has 2 unspecified atom stereocenters. The number of nitrogens with two attached hydrogens (primary N) is 1. The standard InChI is InChI=1S/C14H21N3O/c1-10-7-8-17(11(2)9-10)13-6-4-3-5-12(13)14(15)16-18/h3-6,10-11,18H,7-9H2,1-2H3,(H2,15,16). The monoisotopic (exact) mass is 247 g/mol. The summed E-state index contributed by atoms with van der Waals surface area (Å²) in [6, 6.07) is 8.33. The third-order valence-corrected chi connectivity index (χ3v) is 3.74. The second-order valence-corrected chi connectivity index (χ2v) is 5.17. The van der Waals surface area contributed by atoms with Gasteiger partial charge in [0.05, 0.1) is 0 Å². The van der Waals surface area contributed by atoms with Crippen molar-refractivity contribution in [3.8, 4) is 0 Å².